The first-order valence-electron chi connectivity index (χ1n) is 4.48. The molecular weight excluding hydrogens is 205 g/mol. The van der Waals surface area contributed by atoms with Crippen molar-refractivity contribution in [2.24, 2.45) is 0 Å². The lowest BCUT2D eigenvalue weighted by molar-refractivity contribution is 0.949. The van der Waals surface area contributed by atoms with E-state index in [0.29, 0.717) is 0 Å². The Labute approximate surface area is 88.3 Å². The van der Waals surface area contributed by atoms with Crippen molar-refractivity contribution in [1.82, 2.24) is 0 Å². The number of rotatable bonds is 1. The van der Waals surface area contributed by atoms with Crippen LogP contribution in [0.4, 0.5) is 5.69 Å². The van der Waals surface area contributed by atoms with Gasteiger partial charge in [0.2, 0.25) is 0 Å². The van der Waals surface area contributed by atoms with Crippen LogP contribution in [0.1, 0.15) is 12.8 Å². The zero-order chi connectivity index (χ0) is 9.26. The fourth-order valence-corrected chi connectivity index (χ4v) is 2.37. The molecule has 0 spiro atoms. The van der Waals surface area contributed by atoms with E-state index in [0.717, 1.165) is 28.8 Å². The Kier molecular flexibility index (Phi) is 2.66. The van der Waals surface area contributed by atoms with Crippen molar-refractivity contribution in [3.05, 3.63) is 28.2 Å². The molecular formula is C10H11Cl2N. The van der Waals surface area contributed by atoms with Crippen LogP contribution in [0.25, 0.3) is 0 Å². The summed E-state index contributed by atoms with van der Waals surface area (Å²) in [5, 5.41) is 1.52. The van der Waals surface area contributed by atoms with Gasteiger partial charge in [-0.3, -0.25) is 0 Å². The topological polar surface area (TPSA) is 3.24 Å². The van der Waals surface area contributed by atoms with Crippen LogP contribution in [-0.2, 0) is 0 Å². The van der Waals surface area contributed by atoms with Gasteiger partial charge in [0.05, 0.1) is 15.7 Å². The van der Waals surface area contributed by atoms with Crippen LogP contribution >= 0.6 is 23.2 Å². The fourth-order valence-electron chi connectivity index (χ4n) is 1.73. The molecule has 0 amide bonds. The van der Waals surface area contributed by atoms with E-state index in [4.69, 9.17) is 23.2 Å². The molecule has 0 bridgehead atoms. The number of halogens is 2. The van der Waals surface area contributed by atoms with Gasteiger partial charge in [-0.15, -0.1) is 0 Å². The lowest BCUT2D eigenvalue weighted by Gasteiger charge is -2.20. The van der Waals surface area contributed by atoms with Crippen molar-refractivity contribution >= 4 is 28.9 Å². The third-order valence-electron chi connectivity index (χ3n) is 2.36. The highest BCUT2D eigenvalue weighted by molar-refractivity contribution is 6.39. The summed E-state index contributed by atoms with van der Waals surface area (Å²) in [6, 6.07) is 5.66. The molecule has 0 aromatic heterocycles. The molecule has 1 saturated heterocycles. The minimum Gasteiger partial charge on any atom is -0.369 e. The highest BCUT2D eigenvalue weighted by Crippen LogP contribution is 2.35. The summed E-state index contributed by atoms with van der Waals surface area (Å²) in [6.45, 7) is 2.15. The van der Waals surface area contributed by atoms with E-state index in [1.165, 1.54) is 12.8 Å². The van der Waals surface area contributed by atoms with Crippen LogP contribution in [0.15, 0.2) is 18.2 Å². The standard InChI is InChI=1S/C10H11Cl2N/c11-8-4-3-5-9(12)10(8)13-6-1-2-7-13/h3-5H,1-2,6-7H2. The smallest absolute Gasteiger partial charge is 0.0744 e. The van der Waals surface area contributed by atoms with Crippen LogP contribution < -0.4 is 4.90 Å². The minimum absolute atomic E-state index is 0.759. The predicted molar refractivity (Wildman–Crippen MR) is 57.9 cm³/mol. The fraction of sp³-hybridized carbons (Fsp3) is 0.400. The maximum Gasteiger partial charge on any atom is 0.0744 e. The van der Waals surface area contributed by atoms with Crippen molar-refractivity contribution in [2.45, 2.75) is 12.8 Å². The Hall–Kier alpha value is -0.400. The summed E-state index contributed by atoms with van der Waals surface area (Å²) in [7, 11) is 0. The number of hydrogen-bond donors (Lipinski definition) is 0. The third-order valence-corrected chi connectivity index (χ3v) is 2.97. The minimum atomic E-state index is 0.759. The molecule has 2 rings (SSSR count). The summed E-state index contributed by atoms with van der Waals surface area (Å²) in [5.41, 5.74) is 1.00. The van der Waals surface area contributed by atoms with Crippen LogP contribution in [-0.4, -0.2) is 13.1 Å². The lowest BCUT2D eigenvalue weighted by Crippen LogP contribution is -2.18. The zero-order valence-corrected chi connectivity index (χ0v) is 8.78. The average molecular weight is 216 g/mol. The van der Waals surface area contributed by atoms with Crippen LogP contribution in [0.3, 0.4) is 0 Å². The molecule has 1 nitrogen and oxygen atoms in total. The summed E-state index contributed by atoms with van der Waals surface area (Å²) in [5.74, 6) is 0. The largest absolute Gasteiger partial charge is 0.369 e. The van der Waals surface area contributed by atoms with Gasteiger partial charge in [-0.2, -0.15) is 0 Å². The molecule has 3 heteroatoms. The quantitative estimate of drug-likeness (QED) is 0.693. The highest BCUT2D eigenvalue weighted by Gasteiger charge is 2.17. The summed E-state index contributed by atoms with van der Waals surface area (Å²) in [4.78, 5) is 2.25. The molecule has 1 fully saturated rings. The summed E-state index contributed by atoms with van der Waals surface area (Å²) < 4.78 is 0. The van der Waals surface area contributed by atoms with Crippen molar-refractivity contribution in [3.8, 4) is 0 Å². The molecule has 1 aliphatic rings. The maximum atomic E-state index is 6.08. The second-order valence-corrected chi connectivity index (χ2v) is 4.08. The predicted octanol–water partition coefficient (Wildman–Crippen LogP) is 3.59. The van der Waals surface area contributed by atoms with E-state index in [1.807, 2.05) is 18.2 Å². The number of hydrogen-bond acceptors (Lipinski definition) is 1. The van der Waals surface area contributed by atoms with Crippen molar-refractivity contribution < 1.29 is 0 Å². The van der Waals surface area contributed by atoms with E-state index in [9.17, 15) is 0 Å². The van der Waals surface area contributed by atoms with Crippen LogP contribution in [0.5, 0.6) is 0 Å². The first kappa shape index (κ1) is 9.17. The Morgan fingerprint density at radius 2 is 1.54 bits per heavy atom. The van der Waals surface area contributed by atoms with Crippen LogP contribution in [0.2, 0.25) is 10.0 Å². The van der Waals surface area contributed by atoms with Crippen LogP contribution in [0, 0.1) is 0 Å². The molecule has 1 aromatic rings. The SMILES string of the molecule is Clc1cccc(Cl)c1N1CCCC1. The molecule has 0 unspecified atom stereocenters. The van der Waals surface area contributed by atoms with Gasteiger partial charge in [-0.25, -0.2) is 0 Å². The molecule has 0 N–H and O–H groups in total. The van der Waals surface area contributed by atoms with Gasteiger partial charge in [0.1, 0.15) is 0 Å². The molecule has 0 saturated carbocycles. The molecule has 1 aromatic carbocycles. The zero-order valence-electron chi connectivity index (χ0n) is 7.26. The van der Waals surface area contributed by atoms with Crippen molar-refractivity contribution in [1.29, 1.82) is 0 Å². The van der Waals surface area contributed by atoms with Gasteiger partial charge < -0.3 is 4.90 Å². The highest BCUT2D eigenvalue weighted by atomic mass is 35.5. The first-order valence-corrected chi connectivity index (χ1v) is 5.23. The van der Waals surface area contributed by atoms with E-state index in [2.05, 4.69) is 4.90 Å². The number of anilines is 1. The first-order chi connectivity index (χ1) is 6.29. The van der Waals surface area contributed by atoms with Gasteiger partial charge in [0.25, 0.3) is 0 Å². The Balaban J connectivity index is 2.37. The van der Waals surface area contributed by atoms with Crippen molar-refractivity contribution in [2.75, 3.05) is 18.0 Å². The Morgan fingerprint density at radius 3 is 2.08 bits per heavy atom. The van der Waals surface area contributed by atoms with Gasteiger partial charge in [0.15, 0.2) is 0 Å². The lowest BCUT2D eigenvalue weighted by atomic mass is 10.3. The molecule has 0 radical (unpaired) electrons. The number of benzene rings is 1. The molecule has 0 aliphatic carbocycles. The molecule has 13 heavy (non-hydrogen) atoms. The van der Waals surface area contributed by atoms with E-state index < -0.39 is 0 Å². The van der Waals surface area contributed by atoms with Gasteiger partial charge in [0, 0.05) is 13.1 Å². The van der Waals surface area contributed by atoms with E-state index in [-0.39, 0.29) is 0 Å². The van der Waals surface area contributed by atoms with Crippen molar-refractivity contribution in [3.63, 3.8) is 0 Å². The normalized spacial score (nSPS) is 16.6. The van der Waals surface area contributed by atoms with Gasteiger partial charge in [-0.1, -0.05) is 29.3 Å². The number of para-hydroxylation sites is 1. The Bertz CT molecular complexity index is 286. The number of nitrogens with zero attached hydrogens (tertiary/aromatic N) is 1. The van der Waals surface area contributed by atoms with E-state index >= 15 is 0 Å². The average Bonchev–Trinajstić information content (AvgIpc) is 2.57. The van der Waals surface area contributed by atoms with E-state index in [1.54, 1.807) is 0 Å². The second kappa shape index (κ2) is 3.77. The summed E-state index contributed by atoms with van der Waals surface area (Å²) in [6.07, 6.45) is 2.48. The molecule has 70 valence electrons. The second-order valence-electron chi connectivity index (χ2n) is 3.26. The molecule has 1 aliphatic heterocycles. The summed E-state index contributed by atoms with van der Waals surface area (Å²) >= 11 is 12.2. The Morgan fingerprint density at radius 1 is 1.00 bits per heavy atom. The maximum absolute atomic E-state index is 6.08. The molecule has 1 heterocycles. The van der Waals surface area contributed by atoms with Gasteiger partial charge in [-0.05, 0) is 25.0 Å². The molecule has 0 atom stereocenters. The monoisotopic (exact) mass is 215 g/mol. The van der Waals surface area contributed by atoms with Gasteiger partial charge >= 0.3 is 0 Å². The third kappa shape index (κ3) is 1.77.